The fraction of sp³-hybridized carbons (Fsp3) is 0.529. The summed E-state index contributed by atoms with van der Waals surface area (Å²) >= 11 is 4.53. The Labute approximate surface area is 122 Å². The van der Waals surface area contributed by atoms with Crippen LogP contribution in [0.3, 0.4) is 0 Å². The molecule has 0 aromatic heterocycles. The van der Waals surface area contributed by atoms with Crippen molar-refractivity contribution in [2.24, 2.45) is 5.41 Å². The molecule has 0 N–H and O–H groups in total. The molecule has 2 heteroatoms. The molecule has 0 aliphatic heterocycles. The first-order chi connectivity index (χ1) is 9.35. The van der Waals surface area contributed by atoms with Crippen molar-refractivity contribution >= 4 is 18.7 Å². The number of ether oxygens (including phenoxy) is 1. The van der Waals surface area contributed by atoms with Gasteiger partial charge in [-0.3, -0.25) is 0 Å². The van der Waals surface area contributed by atoms with E-state index in [9.17, 15) is 0 Å². The minimum absolute atomic E-state index is 0.335. The van der Waals surface area contributed by atoms with E-state index in [0.29, 0.717) is 12.0 Å². The predicted molar refractivity (Wildman–Crippen MR) is 85.7 cm³/mol. The Bertz CT molecular complexity index is 380. The maximum Gasteiger partial charge on any atom is 0.0650 e. The summed E-state index contributed by atoms with van der Waals surface area (Å²) in [6.07, 6.45) is 10.8. The van der Waals surface area contributed by atoms with Crippen molar-refractivity contribution in [3.05, 3.63) is 42.0 Å². The largest absolute Gasteiger partial charge is 0.377 e. The third kappa shape index (κ3) is 4.70. The van der Waals surface area contributed by atoms with Crippen LogP contribution in [0.25, 0.3) is 6.08 Å². The summed E-state index contributed by atoms with van der Waals surface area (Å²) < 4.78 is 5.85. The van der Waals surface area contributed by atoms with Crippen LogP contribution < -0.4 is 0 Å². The first-order valence-corrected chi connectivity index (χ1v) is 7.88. The van der Waals surface area contributed by atoms with Gasteiger partial charge in [-0.25, -0.2) is 0 Å². The molecule has 0 spiro atoms. The molecule has 2 rings (SSSR count). The van der Waals surface area contributed by atoms with Gasteiger partial charge in [0.05, 0.1) is 13.2 Å². The van der Waals surface area contributed by atoms with Crippen LogP contribution in [0.2, 0.25) is 0 Å². The van der Waals surface area contributed by atoms with E-state index in [1.54, 1.807) is 0 Å². The van der Waals surface area contributed by atoms with Gasteiger partial charge in [-0.05, 0) is 24.2 Å². The predicted octanol–water partition coefficient (Wildman–Crippen LogP) is 4.60. The molecule has 0 atom stereocenters. The van der Waals surface area contributed by atoms with E-state index >= 15 is 0 Å². The lowest BCUT2D eigenvalue weighted by molar-refractivity contribution is 0.0489. The van der Waals surface area contributed by atoms with Crippen LogP contribution >= 0.6 is 12.6 Å². The maximum absolute atomic E-state index is 5.85. The van der Waals surface area contributed by atoms with Crippen molar-refractivity contribution in [1.29, 1.82) is 0 Å². The highest BCUT2D eigenvalue weighted by atomic mass is 32.1. The van der Waals surface area contributed by atoms with Crippen LogP contribution in [0.5, 0.6) is 0 Å². The summed E-state index contributed by atoms with van der Waals surface area (Å²) in [5, 5.41) is 0. The Balaban J connectivity index is 1.72. The van der Waals surface area contributed by atoms with Crippen LogP contribution in [-0.2, 0) is 4.74 Å². The highest BCUT2D eigenvalue weighted by molar-refractivity contribution is 7.80. The Morgan fingerprint density at radius 1 is 1.11 bits per heavy atom. The first kappa shape index (κ1) is 14.7. The van der Waals surface area contributed by atoms with E-state index in [1.165, 1.54) is 37.7 Å². The average molecular weight is 276 g/mol. The Kier molecular flexibility index (Phi) is 5.99. The van der Waals surface area contributed by atoms with Gasteiger partial charge < -0.3 is 4.74 Å². The molecular weight excluding hydrogens is 252 g/mol. The minimum Gasteiger partial charge on any atom is -0.377 e. The van der Waals surface area contributed by atoms with Crippen LogP contribution in [0.4, 0.5) is 0 Å². The van der Waals surface area contributed by atoms with E-state index in [4.69, 9.17) is 4.74 Å². The molecule has 1 fully saturated rings. The smallest absolute Gasteiger partial charge is 0.0650 e. The molecule has 1 saturated carbocycles. The molecule has 1 aliphatic rings. The highest BCUT2D eigenvalue weighted by Crippen LogP contribution is 2.37. The monoisotopic (exact) mass is 276 g/mol. The number of benzene rings is 1. The number of hydrogen-bond donors (Lipinski definition) is 1. The summed E-state index contributed by atoms with van der Waals surface area (Å²) in [4.78, 5) is 0. The van der Waals surface area contributed by atoms with Crippen molar-refractivity contribution in [3.63, 3.8) is 0 Å². The van der Waals surface area contributed by atoms with Crippen molar-refractivity contribution < 1.29 is 4.74 Å². The Morgan fingerprint density at radius 2 is 1.84 bits per heavy atom. The second-order valence-corrected chi connectivity index (χ2v) is 5.86. The third-order valence-corrected chi connectivity index (χ3v) is 4.65. The van der Waals surface area contributed by atoms with Crippen LogP contribution in [0, 0.1) is 5.41 Å². The van der Waals surface area contributed by atoms with Gasteiger partial charge in [-0.15, -0.1) is 0 Å². The van der Waals surface area contributed by atoms with Gasteiger partial charge in [0.2, 0.25) is 0 Å². The van der Waals surface area contributed by atoms with Crippen molar-refractivity contribution in [1.82, 2.24) is 0 Å². The topological polar surface area (TPSA) is 9.23 Å². The molecule has 0 amide bonds. The summed E-state index contributed by atoms with van der Waals surface area (Å²) in [6, 6.07) is 10.4. The summed E-state index contributed by atoms with van der Waals surface area (Å²) in [6.45, 7) is 1.56. The summed E-state index contributed by atoms with van der Waals surface area (Å²) in [5.74, 6) is 0.954. The van der Waals surface area contributed by atoms with E-state index in [1.807, 2.05) is 6.07 Å². The van der Waals surface area contributed by atoms with Gasteiger partial charge >= 0.3 is 0 Å². The van der Waals surface area contributed by atoms with E-state index in [-0.39, 0.29) is 0 Å². The van der Waals surface area contributed by atoms with Gasteiger partial charge in [0.1, 0.15) is 0 Å². The van der Waals surface area contributed by atoms with Crippen molar-refractivity contribution in [2.45, 2.75) is 32.1 Å². The quantitative estimate of drug-likeness (QED) is 0.590. The molecule has 0 radical (unpaired) electrons. The zero-order valence-corrected chi connectivity index (χ0v) is 12.4. The molecule has 1 aliphatic carbocycles. The number of rotatable bonds is 6. The molecule has 1 aromatic rings. The van der Waals surface area contributed by atoms with Gasteiger partial charge in [0, 0.05) is 5.41 Å². The SMILES string of the molecule is SCC1(COCC=Cc2ccccc2)CCCCC1. The second kappa shape index (κ2) is 7.76. The van der Waals surface area contributed by atoms with Crippen molar-refractivity contribution in [2.75, 3.05) is 19.0 Å². The van der Waals surface area contributed by atoms with Gasteiger partial charge in [0.15, 0.2) is 0 Å². The molecule has 104 valence electrons. The van der Waals surface area contributed by atoms with Gasteiger partial charge in [-0.2, -0.15) is 12.6 Å². The number of hydrogen-bond acceptors (Lipinski definition) is 2. The van der Waals surface area contributed by atoms with E-state index in [0.717, 1.165) is 12.4 Å². The number of thiol groups is 1. The van der Waals surface area contributed by atoms with Gasteiger partial charge in [-0.1, -0.05) is 61.7 Å². The molecule has 1 nitrogen and oxygen atoms in total. The molecule has 19 heavy (non-hydrogen) atoms. The molecular formula is C17H24OS. The fourth-order valence-corrected chi connectivity index (χ4v) is 3.15. The summed E-state index contributed by atoms with van der Waals surface area (Å²) in [5.41, 5.74) is 1.56. The Morgan fingerprint density at radius 3 is 2.53 bits per heavy atom. The lowest BCUT2D eigenvalue weighted by atomic mass is 9.76. The van der Waals surface area contributed by atoms with Crippen LogP contribution in [0.15, 0.2) is 36.4 Å². The van der Waals surface area contributed by atoms with Crippen molar-refractivity contribution in [3.8, 4) is 0 Å². The van der Waals surface area contributed by atoms with Crippen LogP contribution in [-0.4, -0.2) is 19.0 Å². The minimum atomic E-state index is 0.335. The summed E-state index contributed by atoms with van der Waals surface area (Å²) in [7, 11) is 0. The third-order valence-electron chi connectivity index (χ3n) is 3.98. The van der Waals surface area contributed by atoms with E-state index in [2.05, 4.69) is 49.0 Å². The Hall–Kier alpha value is -0.730. The molecule has 0 bridgehead atoms. The first-order valence-electron chi connectivity index (χ1n) is 7.25. The average Bonchev–Trinajstić information content (AvgIpc) is 2.49. The van der Waals surface area contributed by atoms with E-state index < -0.39 is 0 Å². The zero-order chi connectivity index (χ0) is 13.4. The maximum atomic E-state index is 5.85. The second-order valence-electron chi connectivity index (χ2n) is 5.55. The zero-order valence-electron chi connectivity index (χ0n) is 11.6. The highest BCUT2D eigenvalue weighted by Gasteiger charge is 2.30. The lowest BCUT2D eigenvalue weighted by Gasteiger charge is -2.35. The molecule has 1 aromatic carbocycles. The normalized spacial score (nSPS) is 18.8. The standard InChI is InChI=1S/C17H24OS/c19-15-17(11-5-2-6-12-17)14-18-13-7-10-16-8-3-1-4-9-16/h1,3-4,7-10,19H,2,5-6,11-15H2. The van der Waals surface area contributed by atoms with Gasteiger partial charge in [0.25, 0.3) is 0 Å². The molecule has 0 unspecified atom stereocenters. The van der Waals surface area contributed by atoms with Crippen LogP contribution in [0.1, 0.15) is 37.7 Å². The molecule has 0 heterocycles. The fourth-order valence-electron chi connectivity index (χ4n) is 2.74. The molecule has 0 saturated heterocycles. The lowest BCUT2D eigenvalue weighted by Crippen LogP contribution is -2.31.